The van der Waals surface area contributed by atoms with Crippen LogP contribution in [0.1, 0.15) is 18.4 Å². The summed E-state index contributed by atoms with van der Waals surface area (Å²) in [6.45, 7) is 0.869. The maximum atomic E-state index is 11.5. The van der Waals surface area contributed by atoms with Crippen molar-refractivity contribution in [2.45, 2.75) is 19.3 Å². The fourth-order valence-electron chi connectivity index (χ4n) is 1.36. The number of nitrogen functional groups attached to an aromatic ring is 1. The molecule has 0 atom stereocenters. The molecule has 0 saturated heterocycles. The second-order valence-corrected chi connectivity index (χ2v) is 3.47. The van der Waals surface area contributed by atoms with Crippen LogP contribution < -0.4 is 11.1 Å². The van der Waals surface area contributed by atoms with E-state index in [9.17, 15) is 4.79 Å². The van der Waals surface area contributed by atoms with Crippen molar-refractivity contribution >= 4 is 11.6 Å². The number of anilines is 1. The highest BCUT2D eigenvalue weighted by atomic mass is 16.1. The Morgan fingerprint density at radius 3 is 3.07 bits per heavy atom. The highest BCUT2D eigenvalue weighted by Crippen LogP contribution is 2.09. The van der Waals surface area contributed by atoms with Crippen LogP contribution in [0.4, 0.5) is 5.82 Å². The lowest BCUT2D eigenvalue weighted by Crippen LogP contribution is -2.11. The zero-order valence-corrected chi connectivity index (χ0v) is 8.99. The third kappa shape index (κ3) is 4.08. The van der Waals surface area contributed by atoms with E-state index in [4.69, 9.17) is 5.73 Å². The van der Waals surface area contributed by atoms with E-state index in [-0.39, 0.29) is 5.78 Å². The van der Waals surface area contributed by atoms with Crippen LogP contribution in [0.3, 0.4) is 0 Å². The molecule has 4 nitrogen and oxygen atoms in total. The Bertz CT molecular complexity index is 325. The molecule has 0 aliphatic heterocycles. The van der Waals surface area contributed by atoms with Gasteiger partial charge in [0.05, 0.1) is 0 Å². The molecule has 0 spiro atoms. The summed E-state index contributed by atoms with van der Waals surface area (Å²) in [5.41, 5.74) is 6.47. The normalized spacial score (nSPS) is 10.2. The van der Waals surface area contributed by atoms with Gasteiger partial charge in [0.25, 0.3) is 0 Å². The number of ketones is 1. The molecule has 15 heavy (non-hydrogen) atoms. The van der Waals surface area contributed by atoms with E-state index in [2.05, 4.69) is 10.3 Å². The maximum absolute atomic E-state index is 11.5. The Kier molecular flexibility index (Phi) is 4.77. The van der Waals surface area contributed by atoms with Crippen LogP contribution in [0.5, 0.6) is 0 Å². The molecule has 1 aromatic rings. The quantitative estimate of drug-likeness (QED) is 0.676. The van der Waals surface area contributed by atoms with Gasteiger partial charge in [-0.05, 0) is 26.1 Å². The number of Topliss-reactive ketones (excluding diaryl/α,β-unsaturated/α-hetero) is 1. The van der Waals surface area contributed by atoms with Gasteiger partial charge in [0.2, 0.25) is 0 Å². The number of pyridine rings is 1. The fourth-order valence-corrected chi connectivity index (χ4v) is 1.36. The average molecular weight is 207 g/mol. The number of nitrogens with two attached hydrogens (primary N) is 1. The summed E-state index contributed by atoms with van der Waals surface area (Å²) in [7, 11) is 1.88. The summed E-state index contributed by atoms with van der Waals surface area (Å²) in [6.07, 6.45) is 3.48. The van der Waals surface area contributed by atoms with Crippen molar-refractivity contribution < 1.29 is 4.79 Å². The second-order valence-electron chi connectivity index (χ2n) is 3.47. The topological polar surface area (TPSA) is 68.0 Å². The molecule has 1 heterocycles. The summed E-state index contributed by atoms with van der Waals surface area (Å²) < 4.78 is 0. The Hall–Kier alpha value is -1.42. The minimum absolute atomic E-state index is 0.213. The lowest BCUT2D eigenvalue weighted by molar-refractivity contribution is -0.118. The van der Waals surface area contributed by atoms with Crippen LogP contribution >= 0.6 is 0 Å². The summed E-state index contributed by atoms with van der Waals surface area (Å²) >= 11 is 0. The van der Waals surface area contributed by atoms with Crippen LogP contribution in [0.25, 0.3) is 0 Å². The number of hydrogen-bond acceptors (Lipinski definition) is 4. The summed E-state index contributed by atoms with van der Waals surface area (Å²) in [4.78, 5) is 15.5. The molecule has 0 aromatic carbocycles. The molecule has 0 aliphatic rings. The van der Waals surface area contributed by atoms with Gasteiger partial charge >= 0.3 is 0 Å². The molecule has 0 aliphatic carbocycles. The summed E-state index contributed by atoms with van der Waals surface area (Å²) in [6, 6.07) is 3.64. The first-order chi connectivity index (χ1) is 7.24. The van der Waals surface area contributed by atoms with Gasteiger partial charge in [-0.2, -0.15) is 0 Å². The van der Waals surface area contributed by atoms with Crippen LogP contribution in [0.15, 0.2) is 18.3 Å². The first-order valence-corrected chi connectivity index (χ1v) is 5.09. The van der Waals surface area contributed by atoms with Gasteiger partial charge in [-0.3, -0.25) is 4.79 Å². The monoisotopic (exact) mass is 207 g/mol. The number of nitrogens with one attached hydrogen (secondary N) is 1. The Morgan fingerprint density at radius 1 is 1.60 bits per heavy atom. The zero-order chi connectivity index (χ0) is 11.1. The first kappa shape index (κ1) is 11.7. The smallest absolute Gasteiger partial charge is 0.137 e. The predicted octanol–water partition coefficient (Wildman–Crippen LogP) is 0.775. The Labute approximate surface area is 89.9 Å². The highest BCUT2D eigenvalue weighted by molar-refractivity contribution is 5.81. The molecule has 82 valence electrons. The largest absolute Gasteiger partial charge is 0.383 e. The third-order valence-corrected chi connectivity index (χ3v) is 2.20. The van der Waals surface area contributed by atoms with Gasteiger partial charge in [0.15, 0.2) is 0 Å². The van der Waals surface area contributed by atoms with Crippen LogP contribution in [0.2, 0.25) is 0 Å². The van der Waals surface area contributed by atoms with E-state index in [0.29, 0.717) is 18.7 Å². The predicted molar refractivity (Wildman–Crippen MR) is 60.5 cm³/mol. The Balaban J connectivity index is 2.41. The minimum Gasteiger partial charge on any atom is -0.383 e. The average Bonchev–Trinajstić information content (AvgIpc) is 2.22. The first-order valence-electron chi connectivity index (χ1n) is 5.09. The van der Waals surface area contributed by atoms with E-state index in [1.807, 2.05) is 13.1 Å². The van der Waals surface area contributed by atoms with Crippen LogP contribution in [-0.4, -0.2) is 24.4 Å². The Morgan fingerprint density at radius 2 is 2.40 bits per heavy atom. The van der Waals surface area contributed by atoms with E-state index < -0.39 is 0 Å². The van der Waals surface area contributed by atoms with Crippen molar-refractivity contribution in [3.63, 3.8) is 0 Å². The number of rotatable bonds is 6. The molecule has 0 fully saturated rings. The number of aromatic nitrogens is 1. The summed E-state index contributed by atoms with van der Waals surface area (Å²) in [5, 5.41) is 3.01. The van der Waals surface area contributed by atoms with E-state index in [1.54, 1.807) is 12.3 Å². The molecule has 4 heteroatoms. The van der Waals surface area contributed by atoms with Crippen molar-refractivity contribution in [1.29, 1.82) is 0 Å². The number of carbonyl (C=O) groups excluding carboxylic acids is 1. The molecular formula is C11H17N3O. The van der Waals surface area contributed by atoms with E-state index in [0.717, 1.165) is 18.5 Å². The van der Waals surface area contributed by atoms with Crippen molar-refractivity contribution in [1.82, 2.24) is 10.3 Å². The van der Waals surface area contributed by atoms with E-state index >= 15 is 0 Å². The van der Waals surface area contributed by atoms with E-state index in [1.165, 1.54) is 0 Å². The molecule has 0 radical (unpaired) electrons. The molecule has 0 unspecified atom stereocenters. The zero-order valence-electron chi connectivity index (χ0n) is 8.99. The van der Waals surface area contributed by atoms with Crippen molar-refractivity contribution in [3.8, 4) is 0 Å². The van der Waals surface area contributed by atoms with Gasteiger partial charge in [0, 0.05) is 24.6 Å². The van der Waals surface area contributed by atoms with Gasteiger partial charge in [0.1, 0.15) is 11.6 Å². The summed E-state index contributed by atoms with van der Waals surface area (Å²) in [5.74, 6) is 0.671. The molecule has 3 N–H and O–H groups in total. The van der Waals surface area contributed by atoms with Gasteiger partial charge < -0.3 is 11.1 Å². The van der Waals surface area contributed by atoms with Crippen molar-refractivity contribution in [3.05, 3.63) is 23.9 Å². The standard InChI is InChI=1S/C11H17N3O/c1-13-6-3-5-10(15)8-9-4-2-7-14-11(9)12/h2,4,7,13H,3,5-6,8H2,1H3,(H2,12,14). The highest BCUT2D eigenvalue weighted by Gasteiger charge is 2.06. The minimum atomic E-state index is 0.213. The SMILES string of the molecule is CNCCCC(=O)Cc1cccnc1N. The lowest BCUT2D eigenvalue weighted by atomic mass is 10.1. The van der Waals surface area contributed by atoms with Crippen LogP contribution in [-0.2, 0) is 11.2 Å². The molecule has 1 aromatic heterocycles. The number of nitrogens with zero attached hydrogens (tertiary/aromatic N) is 1. The second kappa shape index (κ2) is 6.14. The van der Waals surface area contributed by atoms with Gasteiger partial charge in [-0.25, -0.2) is 4.98 Å². The molecular weight excluding hydrogens is 190 g/mol. The van der Waals surface area contributed by atoms with Gasteiger partial charge in [-0.15, -0.1) is 0 Å². The van der Waals surface area contributed by atoms with Gasteiger partial charge in [-0.1, -0.05) is 6.07 Å². The molecule has 0 amide bonds. The number of carbonyl (C=O) groups is 1. The third-order valence-electron chi connectivity index (χ3n) is 2.20. The van der Waals surface area contributed by atoms with Crippen LogP contribution in [0, 0.1) is 0 Å². The fraction of sp³-hybridized carbons (Fsp3) is 0.455. The lowest BCUT2D eigenvalue weighted by Gasteiger charge is -2.03. The molecule has 0 saturated carbocycles. The van der Waals surface area contributed by atoms with Crippen molar-refractivity contribution in [2.75, 3.05) is 19.3 Å². The maximum Gasteiger partial charge on any atom is 0.137 e. The molecule has 1 rings (SSSR count). The van der Waals surface area contributed by atoms with Crippen molar-refractivity contribution in [2.24, 2.45) is 0 Å². The molecule has 0 bridgehead atoms. The number of hydrogen-bond donors (Lipinski definition) is 2.